The summed E-state index contributed by atoms with van der Waals surface area (Å²) in [6.45, 7) is 8.86. The molecule has 0 aliphatic carbocycles. The number of rotatable bonds is 5. The third-order valence-corrected chi connectivity index (χ3v) is 4.35. The van der Waals surface area contributed by atoms with Gasteiger partial charge in [-0.25, -0.2) is 0 Å². The maximum atomic E-state index is 12.8. The van der Waals surface area contributed by atoms with E-state index in [1.165, 1.54) is 5.56 Å². The van der Waals surface area contributed by atoms with E-state index in [0.29, 0.717) is 13.2 Å². The Bertz CT molecular complexity index is 765. The van der Waals surface area contributed by atoms with E-state index in [2.05, 4.69) is 6.92 Å². The van der Waals surface area contributed by atoms with Crippen molar-refractivity contribution >= 4 is 11.6 Å². The Balaban J connectivity index is 1.67. The first-order chi connectivity index (χ1) is 11.9. The Labute approximate surface area is 149 Å². The lowest BCUT2D eigenvalue weighted by molar-refractivity contribution is -0.132. The molecular formula is C21H25NO3. The number of hydrogen-bond acceptors (Lipinski definition) is 3. The van der Waals surface area contributed by atoms with Crippen LogP contribution in [0.4, 0.5) is 5.69 Å². The highest BCUT2D eigenvalue weighted by Gasteiger charge is 2.40. The first-order valence-electron chi connectivity index (χ1n) is 8.68. The molecule has 0 saturated carbocycles. The summed E-state index contributed by atoms with van der Waals surface area (Å²) in [5.41, 5.74) is 2.32. The number of aryl methyl sites for hydroxylation is 2. The van der Waals surface area contributed by atoms with Gasteiger partial charge in [0.05, 0.1) is 12.3 Å². The summed E-state index contributed by atoms with van der Waals surface area (Å²) < 4.78 is 11.7. The first-order valence-corrected chi connectivity index (χ1v) is 8.68. The van der Waals surface area contributed by atoms with Gasteiger partial charge in [0, 0.05) is 6.54 Å². The second-order valence-corrected chi connectivity index (χ2v) is 7.06. The molecule has 0 saturated heterocycles. The zero-order valence-corrected chi connectivity index (χ0v) is 15.3. The Kier molecular flexibility index (Phi) is 4.71. The normalized spacial score (nSPS) is 15.5. The quantitative estimate of drug-likeness (QED) is 0.763. The summed E-state index contributed by atoms with van der Waals surface area (Å²) in [5.74, 6) is 1.60. The second-order valence-electron chi connectivity index (χ2n) is 7.06. The molecule has 0 aromatic heterocycles. The van der Waals surface area contributed by atoms with Gasteiger partial charge in [-0.2, -0.15) is 0 Å². The molecule has 4 nitrogen and oxygen atoms in total. The number of nitrogens with zero attached hydrogens (tertiary/aromatic N) is 1. The van der Waals surface area contributed by atoms with Crippen LogP contribution in [0.1, 0.15) is 31.4 Å². The molecule has 1 amide bonds. The van der Waals surface area contributed by atoms with Crippen molar-refractivity contribution in [2.45, 2.75) is 39.7 Å². The van der Waals surface area contributed by atoms with Gasteiger partial charge in [-0.3, -0.25) is 4.79 Å². The van der Waals surface area contributed by atoms with Crippen LogP contribution in [0, 0.1) is 13.8 Å². The van der Waals surface area contributed by atoms with E-state index in [1.54, 1.807) is 0 Å². The van der Waals surface area contributed by atoms with Gasteiger partial charge >= 0.3 is 0 Å². The number of anilines is 1. The van der Waals surface area contributed by atoms with Gasteiger partial charge in [0.2, 0.25) is 0 Å². The van der Waals surface area contributed by atoms with Crippen molar-refractivity contribution in [2.75, 3.05) is 18.1 Å². The van der Waals surface area contributed by atoms with Gasteiger partial charge < -0.3 is 14.4 Å². The average molecular weight is 339 g/mol. The molecule has 0 radical (unpaired) electrons. The number of benzene rings is 2. The molecule has 25 heavy (non-hydrogen) atoms. The smallest absolute Gasteiger partial charge is 0.270 e. The molecule has 132 valence electrons. The Morgan fingerprint density at radius 3 is 2.44 bits per heavy atom. The van der Waals surface area contributed by atoms with Crippen LogP contribution in [0.15, 0.2) is 42.5 Å². The van der Waals surface area contributed by atoms with E-state index in [0.717, 1.165) is 29.2 Å². The summed E-state index contributed by atoms with van der Waals surface area (Å²) in [6.07, 6.45) is 0.753. The summed E-state index contributed by atoms with van der Waals surface area (Å²) in [7, 11) is 0. The number of fused-ring (bicyclic) bond motifs is 1. The van der Waals surface area contributed by atoms with E-state index in [9.17, 15) is 4.79 Å². The summed E-state index contributed by atoms with van der Waals surface area (Å²) in [5, 5.41) is 0. The average Bonchev–Trinajstić information content (AvgIpc) is 2.57. The third-order valence-electron chi connectivity index (χ3n) is 4.35. The molecule has 2 aromatic rings. The summed E-state index contributed by atoms with van der Waals surface area (Å²) >= 11 is 0. The van der Waals surface area contributed by atoms with Crippen LogP contribution in [0.2, 0.25) is 0 Å². The van der Waals surface area contributed by atoms with Crippen molar-refractivity contribution in [1.29, 1.82) is 0 Å². The second kappa shape index (κ2) is 6.79. The standard InChI is InChI=1S/C21H25NO3/c1-15-6-9-17(10-7-15)24-13-5-12-22-18-14-16(2)8-11-19(18)25-21(3,4)20(22)23/h6-11,14H,5,12-13H2,1-4H3. The summed E-state index contributed by atoms with van der Waals surface area (Å²) in [6, 6.07) is 13.9. The van der Waals surface area contributed by atoms with Gasteiger partial charge in [-0.05, 0) is 63.9 Å². The fraction of sp³-hybridized carbons (Fsp3) is 0.381. The molecule has 0 fully saturated rings. The lowest BCUT2D eigenvalue weighted by Gasteiger charge is -2.39. The fourth-order valence-electron chi connectivity index (χ4n) is 2.95. The van der Waals surface area contributed by atoms with Gasteiger partial charge in [0.15, 0.2) is 5.60 Å². The topological polar surface area (TPSA) is 38.8 Å². The Morgan fingerprint density at radius 1 is 1.04 bits per heavy atom. The van der Waals surface area contributed by atoms with Crippen LogP contribution < -0.4 is 14.4 Å². The molecule has 1 aliphatic heterocycles. The molecule has 1 heterocycles. The van der Waals surface area contributed by atoms with Gasteiger partial charge in [-0.15, -0.1) is 0 Å². The SMILES string of the molecule is Cc1ccc(OCCCN2C(=O)C(C)(C)Oc3ccc(C)cc32)cc1. The van der Waals surface area contributed by atoms with Crippen molar-refractivity contribution in [2.24, 2.45) is 0 Å². The predicted octanol–water partition coefficient (Wildman–Crippen LogP) is 4.28. The fourth-order valence-corrected chi connectivity index (χ4v) is 2.95. The van der Waals surface area contributed by atoms with E-state index >= 15 is 0 Å². The van der Waals surface area contributed by atoms with Crippen molar-refractivity contribution in [3.8, 4) is 11.5 Å². The monoisotopic (exact) mass is 339 g/mol. The highest BCUT2D eigenvalue weighted by Crippen LogP contribution is 2.38. The minimum Gasteiger partial charge on any atom is -0.494 e. The Morgan fingerprint density at radius 2 is 1.72 bits per heavy atom. The molecule has 3 rings (SSSR count). The van der Waals surface area contributed by atoms with E-state index in [4.69, 9.17) is 9.47 Å². The van der Waals surface area contributed by atoms with Crippen molar-refractivity contribution in [1.82, 2.24) is 0 Å². The van der Waals surface area contributed by atoms with Gasteiger partial charge in [-0.1, -0.05) is 23.8 Å². The predicted molar refractivity (Wildman–Crippen MR) is 99.5 cm³/mol. The van der Waals surface area contributed by atoms with E-state index in [1.807, 2.05) is 68.1 Å². The van der Waals surface area contributed by atoms with E-state index in [-0.39, 0.29) is 5.91 Å². The van der Waals surface area contributed by atoms with E-state index < -0.39 is 5.60 Å². The third kappa shape index (κ3) is 3.78. The maximum Gasteiger partial charge on any atom is 0.270 e. The van der Waals surface area contributed by atoms with Crippen LogP contribution >= 0.6 is 0 Å². The summed E-state index contributed by atoms with van der Waals surface area (Å²) in [4.78, 5) is 14.6. The highest BCUT2D eigenvalue weighted by atomic mass is 16.5. The maximum absolute atomic E-state index is 12.8. The molecule has 0 bridgehead atoms. The molecule has 4 heteroatoms. The van der Waals surface area contributed by atoms with Gasteiger partial charge in [0.25, 0.3) is 5.91 Å². The van der Waals surface area contributed by atoms with Crippen LogP contribution in [0.3, 0.4) is 0 Å². The minimum absolute atomic E-state index is 0.0130. The number of amides is 1. The first kappa shape index (κ1) is 17.3. The van der Waals surface area contributed by atoms with Crippen LogP contribution in [-0.2, 0) is 4.79 Å². The number of hydrogen-bond donors (Lipinski definition) is 0. The molecule has 0 unspecified atom stereocenters. The molecule has 2 aromatic carbocycles. The lowest BCUT2D eigenvalue weighted by atomic mass is 10.0. The van der Waals surface area contributed by atoms with Crippen LogP contribution in [0.5, 0.6) is 11.5 Å². The lowest BCUT2D eigenvalue weighted by Crippen LogP contribution is -2.52. The minimum atomic E-state index is -0.847. The zero-order chi connectivity index (χ0) is 18.0. The molecule has 1 aliphatic rings. The number of carbonyl (C=O) groups is 1. The van der Waals surface area contributed by atoms with Gasteiger partial charge in [0.1, 0.15) is 11.5 Å². The Hall–Kier alpha value is -2.49. The zero-order valence-electron chi connectivity index (χ0n) is 15.3. The van der Waals surface area contributed by atoms with Crippen LogP contribution in [0.25, 0.3) is 0 Å². The number of carbonyl (C=O) groups excluding carboxylic acids is 1. The molecule has 0 spiro atoms. The highest BCUT2D eigenvalue weighted by molar-refractivity contribution is 6.02. The molecule has 0 atom stereocenters. The van der Waals surface area contributed by atoms with Crippen molar-refractivity contribution < 1.29 is 14.3 Å². The number of ether oxygens (including phenoxy) is 2. The molecule has 0 N–H and O–H groups in total. The molecular weight excluding hydrogens is 314 g/mol. The van der Waals surface area contributed by atoms with Crippen molar-refractivity contribution in [3.05, 3.63) is 53.6 Å². The van der Waals surface area contributed by atoms with Crippen LogP contribution in [-0.4, -0.2) is 24.7 Å². The van der Waals surface area contributed by atoms with Crippen molar-refractivity contribution in [3.63, 3.8) is 0 Å². The largest absolute Gasteiger partial charge is 0.494 e.